The molecule has 1 fully saturated rings. The van der Waals surface area contributed by atoms with Crippen molar-refractivity contribution in [3.63, 3.8) is 0 Å². The van der Waals surface area contributed by atoms with Gasteiger partial charge in [-0.25, -0.2) is 0 Å². The first kappa shape index (κ1) is 20.2. The SMILES string of the molecule is CCNC(=NCC(CCO)CC(C)C)N1CCC(COCC)C1. The van der Waals surface area contributed by atoms with E-state index in [9.17, 15) is 5.11 Å². The fraction of sp³-hybridized carbons (Fsp3) is 0.944. The molecule has 0 amide bonds. The van der Waals surface area contributed by atoms with Crippen LogP contribution in [-0.4, -0.2) is 62.0 Å². The summed E-state index contributed by atoms with van der Waals surface area (Å²) in [5.41, 5.74) is 0. The van der Waals surface area contributed by atoms with Crippen LogP contribution in [0.5, 0.6) is 0 Å². The maximum atomic E-state index is 9.26. The first-order valence-electron chi connectivity index (χ1n) is 9.32. The molecule has 5 heteroatoms. The van der Waals surface area contributed by atoms with Crippen molar-refractivity contribution >= 4 is 5.96 Å². The van der Waals surface area contributed by atoms with E-state index >= 15 is 0 Å². The van der Waals surface area contributed by atoms with Crippen molar-refractivity contribution in [1.29, 1.82) is 0 Å². The Morgan fingerprint density at radius 2 is 2.17 bits per heavy atom. The van der Waals surface area contributed by atoms with E-state index in [-0.39, 0.29) is 6.61 Å². The highest BCUT2D eigenvalue weighted by molar-refractivity contribution is 5.80. The van der Waals surface area contributed by atoms with Gasteiger partial charge in [0.15, 0.2) is 5.96 Å². The van der Waals surface area contributed by atoms with Gasteiger partial charge in [0.2, 0.25) is 0 Å². The Morgan fingerprint density at radius 3 is 2.78 bits per heavy atom. The highest BCUT2D eigenvalue weighted by Gasteiger charge is 2.25. The van der Waals surface area contributed by atoms with Gasteiger partial charge >= 0.3 is 0 Å². The maximum Gasteiger partial charge on any atom is 0.193 e. The van der Waals surface area contributed by atoms with E-state index in [1.54, 1.807) is 0 Å². The average molecular weight is 328 g/mol. The van der Waals surface area contributed by atoms with Crippen LogP contribution in [0.1, 0.15) is 47.0 Å². The van der Waals surface area contributed by atoms with Crippen molar-refractivity contribution in [3.05, 3.63) is 0 Å². The topological polar surface area (TPSA) is 57.1 Å². The maximum absolute atomic E-state index is 9.26. The van der Waals surface area contributed by atoms with Crippen molar-refractivity contribution in [1.82, 2.24) is 10.2 Å². The first-order valence-corrected chi connectivity index (χ1v) is 9.32. The minimum absolute atomic E-state index is 0.254. The lowest BCUT2D eigenvalue weighted by molar-refractivity contribution is 0.114. The van der Waals surface area contributed by atoms with Gasteiger partial charge < -0.3 is 20.1 Å². The average Bonchev–Trinajstić information content (AvgIpc) is 2.97. The van der Waals surface area contributed by atoms with Gasteiger partial charge in [-0.05, 0) is 44.9 Å². The molecule has 0 aliphatic carbocycles. The Hall–Kier alpha value is -0.810. The van der Waals surface area contributed by atoms with Crippen molar-refractivity contribution in [2.45, 2.75) is 47.0 Å². The minimum Gasteiger partial charge on any atom is -0.396 e. The van der Waals surface area contributed by atoms with Crippen LogP contribution in [0, 0.1) is 17.8 Å². The third-order valence-electron chi connectivity index (χ3n) is 4.32. The summed E-state index contributed by atoms with van der Waals surface area (Å²) in [5.74, 6) is 2.75. The number of ether oxygens (including phenoxy) is 1. The summed E-state index contributed by atoms with van der Waals surface area (Å²) in [6.45, 7) is 14.3. The number of likely N-dealkylation sites (tertiary alicyclic amines) is 1. The van der Waals surface area contributed by atoms with Gasteiger partial charge in [-0.3, -0.25) is 4.99 Å². The fourth-order valence-corrected chi connectivity index (χ4v) is 3.22. The number of nitrogens with zero attached hydrogens (tertiary/aromatic N) is 2. The monoisotopic (exact) mass is 327 g/mol. The molecule has 2 atom stereocenters. The Kier molecular flexibility index (Phi) is 10.3. The Labute approximate surface area is 142 Å². The van der Waals surface area contributed by atoms with Crippen molar-refractivity contribution in [2.24, 2.45) is 22.7 Å². The van der Waals surface area contributed by atoms with Crippen LogP contribution in [0.4, 0.5) is 0 Å². The summed E-state index contributed by atoms with van der Waals surface area (Å²) in [5, 5.41) is 12.7. The second-order valence-corrected chi connectivity index (χ2v) is 6.96. The summed E-state index contributed by atoms with van der Waals surface area (Å²) in [6, 6.07) is 0. The van der Waals surface area contributed by atoms with E-state index in [1.165, 1.54) is 6.42 Å². The van der Waals surface area contributed by atoms with E-state index in [1.807, 2.05) is 6.92 Å². The molecule has 1 rings (SSSR count). The number of hydrogen-bond donors (Lipinski definition) is 2. The van der Waals surface area contributed by atoms with E-state index in [0.29, 0.717) is 17.8 Å². The smallest absolute Gasteiger partial charge is 0.193 e. The summed E-state index contributed by atoms with van der Waals surface area (Å²) >= 11 is 0. The zero-order chi connectivity index (χ0) is 17.1. The highest BCUT2D eigenvalue weighted by Crippen LogP contribution is 2.18. The van der Waals surface area contributed by atoms with Crippen LogP contribution < -0.4 is 5.32 Å². The molecule has 1 saturated heterocycles. The number of guanidine groups is 1. The third-order valence-corrected chi connectivity index (χ3v) is 4.32. The molecular weight excluding hydrogens is 290 g/mol. The predicted octanol–water partition coefficient (Wildman–Crippen LogP) is 2.36. The second kappa shape index (κ2) is 11.7. The molecule has 1 aliphatic heterocycles. The quantitative estimate of drug-likeness (QED) is 0.478. The molecule has 2 unspecified atom stereocenters. The van der Waals surface area contributed by atoms with Gasteiger partial charge in [0.25, 0.3) is 0 Å². The zero-order valence-electron chi connectivity index (χ0n) is 15.6. The molecule has 0 bridgehead atoms. The first-order chi connectivity index (χ1) is 11.1. The van der Waals surface area contributed by atoms with E-state index in [2.05, 4.69) is 31.0 Å². The number of rotatable bonds is 10. The molecule has 0 radical (unpaired) electrons. The van der Waals surface area contributed by atoms with E-state index in [4.69, 9.17) is 9.73 Å². The number of aliphatic hydroxyl groups excluding tert-OH is 1. The molecule has 0 saturated carbocycles. The van der Waals surface area contributed by atoms with Crippen molar-refractivity contribution in [3.8, 4) is 0 Å². The molecule has 1 aliphatic rings. The second-order valence-electron chi connectivity index (χ2n) is 6.96. The standard InChI is InChI=1S/C18H37N3O2/c1-5-19-18(20-12-16(8-10-22)11-15(3)4)21-9-7-17(13-21)14-23-6-2/h15-17,22H,5-14H2,1-4H3,(H,19,20). The van der Waals surface area contributed by atoms with Gasteiger partial charge in [-0.15, -0.1) is 0 Å². The lowest BCUT2D eigenvalue weighted by Crippen LogP contribution is -2.40. The van der Waals surface area contributed by atoms with E-state index < -0.39 is 0 Å². The molecule has 2 N–H and O–H groups in total. The Bertz CT molecular complexity index is 334. The molecular formula is C18H37N3O2. The van der Waals surface area contributed by atoms with Crippen molar-refractivity contribution < 1.29 is 9.84 Å². The number of hydrogen-bond acceptors (Lipinski definition) is 3. The normalized spacial score (nSPS) is 20.3. The molecule has 23 heavy (non-hydrogen) atoms. The predicted molar refractivity (Wildman–Crippen MR) is 96.8 cm³/mol. The molecule has 0 aromatic carbocycles. The lowest BCUT2D eigenvalue weighted by atomic mass is 9.94. The Balaban J connectivity index is 2.58. The number of nitrogens with one attached hydrogen (secondary N) is 1. The zero-order valence-corrected chi connectivity index (χ0v) is 15.6. The van der Waals surface area contributed by atoms with Crippen LogP contribution in [0.15, 0.2) is 4.99 Å². The molecule has 136 valence electrons. The van der Waals surface area contributed by atoms with Crippen LogP contribution in [0.3, 0.4) is 0 Å². The number of aliphatic hydroxyl groups is 1. The van der Waals surface area contributed by atoms with Gasteiger partial charge in [-0.1, -0.05) is 13.8 Å². The van der Waals surface area contributed by atoms with Gasteiger partial charge in [0.1, 0.15) is 0 Å². The summed E-state index contributed by atoms with van der Waals surface area (Å²) in [7, 11) is 0. The van der Waals surface area contributed by atoms with Gasteiger partial charge in [0.05, 0.1) is 6.61 Å². The highest BCUT2D eigenvalue weighted by atomic mass is 16.5. The van der Waals surface area contributed by atoms with E-state index in [0.717, 1.165) is 58.2 Å². The molecule has 0 aromatic heterocycles. The minimum atomic E-state index is 0.254. The Morgan fingerprint density at radius 1 is 1.39 bits per heavy atom. The van der Waals surface area contributed by atoms with Gasteiger partial charge in [-0.2, -0.15) is 0 Å². The largest absolute Gasteiger partial charge is 0.396 e. The van der Waals surface area contributed by atoms with Crippen LogP contribution in [-0.2, 0) is 4.74 Å². The van der Waals surface area contributed by atoms with Gasteiger partial charge in [0, 0.05) is 45.3 Å². The van der Waals surface area contributed by atoms with Crippen LogP contribution in [0.25, 0.3) is 0 Å². The van der Waals surface area contributed by atoms with Crippen molar-refractivity contribution in [2.75, 3.05) is 46.0 Å². The summed E-state index contributed by atoms with van der Waals surface area (Å²) < 4.78 is 5.56. The van der Waals surface area contributed by atoms with Crippen LogP contribution in [0.2, 0.25) is 0 Å². The molecule has 0 aromatic rings. The summed E-state index contributed by atoms with van der Waals surface area (Å²) in [4.78, 5) is 7.22. The number of aliphatic imine (C=N–C) groups is 1. The molecule has 1 heterocycles. The molecule has 5 nitrogen and oxygen atoms in total. The molecule has 0 spiro atoms. The summed E-state index contributed by atoms with van der Waals surface area (Å²) in [6.07, 6.45) is 3.14. The third kappa shape index (κ3) is 8.02. The van der Waals surface area contributed by atoms with Crippen LogP contribution >= 0.6 is 0 Å². The lowest BCUT2D eigenvalue weighted by Gasteiger charge is -2.23. The fourth-order valence-electron chi connectivity index (χ4n) is 3.22.